The predicted octanol–water partition coefficient (Wildman–Crippen LogP) is 0.287. The van der Waals surface area contributed by atoms with Crippen LogP contribution in [-0.4, -0.2) is 25.0 Å². The van der Waals surface area contributed by atoms with Crippen LogP contribution in [0.4, 0.5) is 0 Å². The first-order valence-electron chi connectivity index (χ1n) is 4.37. The number of hydrogen-bond acceptors (Lipinski definition) is 2. The Kier molecular flexibility index (Phi) is 3.29. The van der Waals surface area contributed by atoms with E-state index in [1.807, 2.05) is 6.92 Å². The van der Waals surface area contributed by atoms with Gasteiger partial charge in [0.1, 0.15) is 0 Å². The zero-order valence-electron chi connectivity index (χ0n) is 7.47. The molecule has 1 saturated heterocycles. The minimum Gasteiger partial charge on any atom is -0.350 e. The van der Waals surface area contributed by atoms with Crippen molar-refractivity contribution in [3.63, 3.8) is 0 Å². The average Bonchev–Trinajstić information content (AvgIpc) is 2.56. The molecule has 2 atom stereocenters. The van der Waals surface area contributed by atoms with Crippen LogP contribution in [0.25, 0.3) is 0 Å². The van der Waals surface area contributed by atoms with E-state index in [1.165, 1.54) is 0 Å². The number of amides is 1. The quantitative estimate of drug-likeness (QED) is 0.595. The molecule has 0 saturated carbocycles. The molecule has 0 aromatic rings. The summed E-state index contributed by atoms with van der Waals surface area (Å²) in [5.74, 6) is 0.305. The fraction of sp³-hybridized carbons (Fsp3) is 0.667. The molecule has 3 nitrogen and oxygen atoms in total. The van der Waals surface area contributed by atoms with Gasteiger partial charge in [-0.2, -0.15) is 0 Å². The van der Waals surface area contributed by atoms with Gasteiger partial charge in [-0.05, 0) is 19.9 Å². The summed E-state index contributed by atoms with van der Waals surface area (Å²) in [6, 6.07) is 0.0816. The Morgan fingerprint density at radius 3 is 3.08 bits per heavy atom. The standard InChI is InChI=1S/C9H16N2O/c1-3-7(2)11-9(12)8-4-5-10-6-8/h3,7-8,10H,1,4-6H2,2H3,(H,11,12). The number of nitrogens with one attached hydrogen (secondary N) is 2. The SMILES string of the molecule is C=CC(C)NC(=O)C1CCNC1. The Morgan fingerprint density at radius 1 is 1.83 bits per heavy atom. The Labute approximate surface area is 73.2 Å². The molecule has 0 spiro atoms. The van der Waals surface area contributed by atoms with Crippen LogP contribution in [0.3, 0.4) is 0 Å². The fourth-order valence-electron chi connectivity index (χ4n) is 1.28. The van der Waals surface area contributed by atoms with Gasteiger partial charge in [-0.25, -0.2) is 0 Å². The van der Waals surface area contributed by atoms with E-state index in [2.05, 4.69) is 17.2 Å². The molecule has 2 N–H and O–H groups in total. The molecule has 1 aliphatic heterocycles. The van der Waals surface area contributed by atoms with Crippen molar-refractivity contribution in [1.82, 2.24) is 10.6 Å². The lowest BCUT2D eigenvalue weighted by Gasteiger charge is -2.12. The lowest BCUT2D eigenvalue weighted by molar-refractivity contribution is -0.124. The first kappa shape index (κ1) is 9.26. The Bertz CT molecular complexity index is 173. The molecule has 1 amide bonds. The summed E-state index contributed by atoms with van der Waals surface area (Å²) >= 11 is 0. The van der Waals surface area contributed by atoms with E-state index in [1.54, 1.807) is 6.08 Å². The highest BCUT2D eigenvalue weighted by Gasteiger charge is 2.22. The summed E-state index contributed by atoms with van der Waals surface area (Å²) in [6.45, 7) is 7.31. The molecule has 1 fully saturated rings. The molecular formula is C9H16N2O. The second kappa shape index (κ2) is 4.26. The average molecular weight is 168 g/mol. The van der Waals surface area contributed by atoms with Crippen LogP contribution in [0.5, 0.6) is 0 Å². The van der Waals surface area contributed by atoms with Crippen molar-refractivity contribution in [2.75, 3.05) is 13.1 Å². The van der Waals surface area contributed by atoms with Crippen LogP contribution >= 0.6 is 0 Å². The summed E-state index contributed by atoms with van der Waals surface area (Å²) < 4.78 is 0. The van der Waals surface area contributed by atoms with E-state index < -0.39 is 0 Å². The van der Waals surface area contributed by atoms with Gasteiger partial charge in [0.05, 0.1) is 5.92 Å². The maximum atomic E-state index is 11.4. The Balaban J connectivity index is 2.31. The van der Waals surface area contributed by atoms with E-state index in [9.17, 15) is 4.79 Å². The number of carbonyl (C=O) groups excluding carboxylic acids is 1. The predicted molar refractivity (Wildman–Crippen MR) is 48.8 cm³/mol. The van der Waals surface area contributed by atoms with Crippen LogP contribution in [0.1, 0.15) is 13.3 Å². The third kappa shape index (κ3) is 2.34. The van der Waals surface area contributed by atoms with Crippen molar-refractivity contribution in [3.05, 3.63) is 12.7 Å². The van der Waals surface area contributed by atoms with Crippen molar-refractivity contribution in [2.24, 2.45) is 5.92 Å². The van der Waals surface area contributed by atoms with Crippen LogP contribution < -0.4 is 10.6 Å². The number of rotatable bonds is 3. The molecule has 1 aliphatic rings. The molecule has 0 bridgehead atoms. The number of carbonyl (C=O) groups is 1. The van der Waals surface area contributed by atoms with Gasteiger partial charge in [-0.15, -0.1) is 6.58 Å². The van der Waals surface area contributed by atoms with Gasteiger partial charge >= 0.3 is 0 Å². The van der Waals surface area contributed by atoms with Crippen molar-refractivity contribution >= 4 is 5.91 Å². The van der Waals surface area contributed by atoms with Gasteiger partial charge in [-0.1, -0.05) is 6.08 Å². The monoisotopic (exact) mass is 168 g/mol. The van der Waals surface area contributed by atoms with Crippen molar-refractivity contribution in [1.29, 1.82) is 0 Å². The molecule has 12 heavy (non-hydrogen) atoms. The molecule has 2 unspecified atom stereocenters. The number of hydrogen-bond donors (Lipinski definition) is 2. The van der Waals surface area contributed by atoms with Crippen molar-refractivity contribution in [2.45, 2.75) is 19.4 Å². The van der Waals surface area contributed by atoms with Gasteiger partial charge in [0, 0.05) is 12.6 Å². The zero-order valence-corrected chi connectivity index (χ0v) is 7.47. The first-order chi connectivity index (χ1) is 5.74. The molecule has 0 radical (unpaired) electrons. The van der Waals surface area contributed by atoms with Crippen molar-refractivity contribution < 1.29 is 4.79 Å². The molecule has 0 aliphatic carbocycles. The molecule has 0 aromatic carbocycles. The first-order valence-corrected chi connectivity index (χ1v) is 4.37. The third-order valence-corrected chi connectivity index (χ3v) is 2.15. The summed E-state index contributed by atoms with van der Waals surface area (Å²) in [7, 11) is 0. The van der Waals surface area contributed by atoms with E-state index in [0.717, 1.165) is 19.5 Å². The molecular weight excluding hydrogens is 152 g/mol. The van der Waals surface area contributed by atoms with E-state index >= 15 is 0 Å². The van der Waals surface area contributed by atoms with Gasteiger partial charge in [-0.3, -0.25) is 4.79 Å². The van der Waals surface area contributed by atoms with E-state index in [-0.39, 0.29) is 17.9 Å². The van der Waals surface area contributed by atoms with Crippen LogP contribution in [0, 0.1) is 5.92 Å². The maximum Gasteiger partial charge on any atom is 0.224 e. The second-order valence-electron chi connectivity index (χ2n) is 3.22. The minimum absolute atomic E-state index is 0.0816. The summed E-state index contributed by atoms with van der Waals surface area (Å²) in [5.41, 5.74) is 0. The van der Waals surface area contributed by atoms with Crippen LogP contribution in [0.15, 0.2) is 12.7 Å². The van der Waals surface area contributed by atoms with Gasteiger partial charge in [0.15, 0.2) is 0 Å². The van der Waals surface area contributed by atoms with Crippen LogP contribution in [0.2, 0.25) is 0 Å². The summed E-state index contributed by atoms with van der Waals surface area (Å²) in [6.07, 6.45) is 2.69. The third-order valence-electron chi connectivity index (χ3n) is 2.15. The smallest absolute Gasteiger partial charge is 0.224 e. The lowest BCUT2D eigenvalue weighted by atomic mass is 10.1. The molecule has 3 heteroatoms. The summed E-state index contributed by atoms with van der Waals surface area (Å²) in [4.78, 5) is 11.4. The van der Waals surface area contributed by atoms with Crippen LogP contribution in [-0.2, 0) is 4.79 Å². The normalized spacial score (nSPS) is 24.9. The topological polar surface area (TPSA) is 41.1 Å². The van der Waals surface area contributed by atoms with E-state index in [0.29, 0.717) is 0 Å². The Hall–Kier alpha value is -0.830. The van der Waals surface area contributed by atoms with Gasteiger partial charge < -0.3 is 10.6 Å². The van der Waals surface area contributed by atoms with Gasteiger partial charge in [0.25, 0.3) is 0 Å². The second-order valence-corrected chi connectivity index (χ2v) is 3.22. The summed E-state index contributed by atoms with van der Waals surface area (Å²) in [5, 5.41) is 6.03. The molecule has 68 valence electrons. The minimum atomic E-state index is 0.0816. The Morgan fingerprint density at radius 2 is 2.58 bits per heavy atom. The maximum absolute atomic E-state index is 11.4. The lowest BCUT2D eigenvalue weighted by Crippen LogP contribution is -2.36. The highest BCUT2D eigenvalue weighted by molar-refractivity contribution is 5.79. The zero-order chi connectivity index (χ0) is 8.97. The van der Waals surface area contributed by atoms with E-state index in [4.69, 9.17) is 0 Å². The molecule has 1 rings (SSSR count). The molecule has 0 aromatic heterocycles. The fourth-order valence-corrected chi connectivity index (χ4v) is 1.28. The highest BCUT2D eigenvalue weighted by atomic mass is 16.2. The van der Waals surface area contributed by atoms with Crippen molar-refractivity contribution in [3.8, 4) is 0 Å². The highest BCUT2D eigenvalue weighted by Crippen LogP contribution is 2.07. The molecule has 1 heterocycles. The largest absolute Gasteiger partial charge is 0.350 e. The van der Waals surface area contributed by atoms with Gasteiger partial charge in [0.2, 0.25) is 5.91 Å².